The number of hydrogen-bond acceptors (Lipinski definition) is 3. The normalized spacial score (nSPS) is 25.5. The maximum Gasteiger partial charge on any atom is 0.233 e. The molecule has 0 aromatic heterocycles. The summed E-state index contributed by atoms with van der Waals surface area (Å²) in [4.78, 5) is 25.9. The first-order valence-corrected chi connectivity index (χ1v) is 7.88. The Morgan fingerprint density at radius 3 is 2.27 bits per heavy atom. The van der Waals surface area contributed by atoms with Gasteiger partial charge in [0.2, 0.25) is 11.8 Å². The lowest BCUT2D eigenvalue weighted by molar-refractivity contribution is -0.141. The van der Waals surface area contributed by atoms with Gasteiger partial charge in [-0.05, 0) is 25.0 Å². The number of hydrogen-bond donors (Lipinski definition) is 1. The lowest BCUT2D eigenvalue weighted by Gasteiger charge is -2.20. The molecule has 1 fully saturated rings. The van der Waals surface area contributed by atoms with Crippen molar-refractivity contribution in [2.75, 3.05) is 6.54 Å². The number of allylic oxidation sites excluding steroid dienone is 2. The van der Waals surface area contributed by atoms with Crippen LogP contribution in [0.5, 0.6) is 0 Å². The zero-order valence-corrected chi connectivity index (χ0v) is 13.2. The molecule has 6 heteroatoms. The number of carbonyl (C=O) groups excluding carboxylic acids is 2. The first-order chi connectivity index (χ1) is 10.5. The van der Waals surface area contributed by atoms with E-state index in [-0.39, 0.29) is 30.2 Å². The van der Waals surface area contributed by atoms with Gasteiger partial charge in [0.1, 0.15) is 0 Å². The minimum Gasteiger partial charge on any atom is -0.386 e. The fraction of sp³-hybridized carbons (Fsp3) is 0.375. The van der Waals surface area contributed by atoms with Crippen molar-refractivity contribution in [3.63, 3.8) is 0 Å². The maximum atomic E-state index is 12.4. The van der Waals surface area contributed by atoms with E-state index in [1.54, 1.807) is 12.1 Å². The van der Waals surface area contributed by atoms with Crippen molar-refractivity contribution >= 4 is 35.0 Å². The second kappa shape index (κ2) is 6.03. The average molecular weight is 340 g/mol. The van der Waals surface area contributed by atoms with E-state index < -0.39 is 6.10 Å². The van der Waals surface area contributed by atoms with Gasteiger partial charge in [-0.3, -0.25) is 14.5 Å². The Balaban J connectivity index is 1.78. The van der Waals surface area contributed by atoms with Gasteiger partial charge in [0, 0.05) is 15.6 Å². The molecule has 1 heterocycles. The summed E-state index contributed by atoms with van der Waals surface area (Å²) in [6.45, 7) is -0.0774. The van der Waals surface area contributed by atoms with Gasteiger partial charge < -0.3 is 5.11 Å². The number of carbonyl (C=O) groups is 2. The molecule has 3 rings (SSSR count). The zero-order valence-electron chi connectivity index (χ0n) is 11.7. The zero-order chi connectivity index (χ0) is 15.9. The summed E-state index contributed by atoms with van der Waals surface area (Å²) >= 11 is 11.9. The highest BCUT2D eigenvalue weighted by molar-refractivity contribution is 6.35. The van der Waals surface area contributed by atoms with Crippen LogP contribution in [0.1, 0.15) is 24.5 Å². The van der Waals surface area contributed by atoms with Crippen molar-refractivity contribution in [1.29, 1.82) is 0 Å². The summed E-state index contributed by atoms with van der Waals surface area (Å²) in [6.07, 6.45) is 4.02. The minimum absolute atomic E-state index is 0.0774. The molecule has 116 valence electrons. The van der Waals surface area contributed by atoms with Crippen molar-refractivity contribution in [2.45, 2.75) is 18.9 Å². The number of amides is 2. The van der Waals surface area contributed by atoms with E-state index in [0.717, 1.165) is 4.90 Å². The third-order valence-corrected chi connectivity index (χ3v) is 4.84. The Kier molecular flexibility index (Phi) is 4.26. The molecule has 1 aromatic carbocycles. The van der Waals surface area contributed by atoms with Gasteiger partial charge in [-0.25, -0.2) is 0 Å². The number of rotatable bonds is 3. The number of aliphatic hydroxyl groups is 1. The summed E-state index contributed by atoms with van der Waals surface area (Å²) in [6, 6.07) is 4.75. The van der Waals surface area contributed by atoms with Crippen LogP contribution in [0.4, 0.5) is 0 Å². The van der Waals surface area contributed by atoms with E-state index in [4.69, 9.17) is 23.2 Å². The monoisotopic (exact) mass is 339 g/mol. The molecule has 1 aromatic rings. The van der Waals surface area contributed by atoms with Crippen LogP contribution >= 0.6 is 23.2 Å². The van der Waals surface area contributed by atoms with Crippen molar-refractivity contribution < 1.29 is 14.7 Å². The van der Waals surface area contributed by atoms with E-state index in [0.29, 0.717) is 28.5 Å². The smallest absolute Gasteiger partial charge is 0.233 e. The molecule has 2 amide bonds. The quantitative estimate of drug-likeness (QED) is 0.680. The molecule has 22 heavy (non-hydrogen) atoms. The van der Waals surface area contributed by atoms with E-state index in [1.807, 2.05) is 12.2 Å². The predicted molar refractivity (Wildman–Crippen MR) is 83.5 cm³/mol. The third kappa shape index (κ3) is 2.67. The molecule has 1 aliphatic heterocycles. The standard InChI is InChI=1S/C16H15Cl2NO3/c17-9-5-6-12(13(18)7-9)14(20)8-19-15(21)10-3-1-2-4-11(10)16(19)22/h1-2,5-7,10-11,14,20H,3-4,8H2. The number of fused-ring (bicyclic) bond motifs is 1. The molecular weight excluding hydrogens is 325 g/mol. The molecule has 0 bridgehead atoms. The molecule has 2 aliphatic rings. The Morgan fingerprint density at radius 1 is 1.14 bits per heavy atom. The van der Waals surface area contributed by atoms with E-state index in [9.17, 15) is 14.7 Å². The molecular formula is C16H15Cl2NO3. The maximum absolute atomic E-state index is 12.4. The van der Waals surface area contributed by atoms with Crippen LogP contribution in [0.3, 0.4) is 0 Å². The molecule has 3 atom stereocenters. The fourth-order valence-electron chi connectivity index (χ4n) is 3.09. The second-order valence-corrected chi connectivity index (χ2v) is 6.47. The lowest BCUT2D eigenvalue weighted by Crippen LogP contribution is -2.35. The van der Waals surface area contributed by atoms with Crippen molar-refractivity contribution in [1.82, 2.24) is 4.90 Å². The number of imide groups is 1. The Hall–Kier alpha value is -1.36. The number of β-amino-alcohol motifs (C(OH)–C–C–N with tert-alkyl or cyclic N) is 1. The summed E-state index contributed by atoms with van der Waals surface area (Å²) in [7, 11) is 0. The van der Waals surface area contributed by atoms with Gasteiger partial charge in [-0.2, -0.15) is 0 Å². The molecule has 0 saturated carbocycles. The van der Waals surface area contributed by atoms with Crippen molar-refractivity contribution in [3.8, 4) is 0 Å². The van der Waals surface area contributed by atoms with E-state index in [1.165, 1.54) is 6.07 Å². The van der Waals surface area contributed by atoms with E-state index >= 15 is 0 Å². The predicted octanol–water partition coefficient (Wildman–Crippen LogP) is 2.98. The summed E-state index contributed by atoms with van der Waals surface area (Å²) in [5.74, 6) is -0.984. The van der Waals surface area contributed by atoms with Crippen LogP contribution < -0.4 is 0 Å². The molecule has 0 spiro atoms. The van der Waals surface area contributed by atoms with Crippen molar-refractivity contribution in [2.24, 2.45) is 11.8 Å². The van der Waals surface area contributed by atoms with Crippen molar-refractivity contribution in [3.05, 3.63) is 46.0 Å². The average Bonchev–Trinajstić information content (AvgIpc) is 2.73. The second-order valence-electron chi connectivity index (χ2n) is 5.62. The van der Waals surface area contributed by atoms with E-state index in [2.05, 4.69) is 0 Å². The van der Waals surface area contributed by atoms with Crippen LogP contribution in [0.2, 0.25) is 10.0 Å². The van der Waals surface area contributed by atoms with Crippen LogP contribution in [-0.2, 0) is 9.59 Å². The summed E-state index contributed by atoms with van der Waals surface area (Å²) in [5.41, 5.74) is 0.458. The first-order valence-electron chi connectivity index (χ1n) is 7.12. The first kappa shape index (κ1) is 15.5. The molecule has 1 aliphatic carbocycles. The van der Waals surface area contributed by atoms with Crippen LogP contribution in [0.25, 0.3) is 0 Å². The number of halogens is 2. The number of benzene rings is 1. The molecule has 3 unspecified atom stereocenters. The van der Waals surface area contributed by atoms with Gasteiger partial charge in [0.15, 0.2) is 0 Å². The largest absolute Gasteiger partial charge is 0.386 e. The Morgan fingerprint density at radius 2 is 1.73 bits per heavy atom. The van der Waals surface area contributed by atoms with Gasteiger partial charge in [0.05, 0.1) is 24.5 Å². The highest BCUT2D eigenvalue weighted by atomic mass is 35.5. The topological polar surface area (TPSA) is 57.6 Å². The molecule has 1 saturated heterocycles. The van der Waals surface area contributed by atoms with Gasteiger partial charge in [-0.1, -0.05) is 41.4 Å². The number of nitrogens with zero attached hydrogens (tertiary/aromatic N) is 1. The van der Waals surface area contributed by atoms with Gasteiger partial charge in [0.25, 0.3) is 0 Å². The van der Waals surface area contributed by atoms with Gasteiger partial charge >= 0.3 is 0 Å². The van der Waals surface area contributed by atoms with Gasteiger partial charge in [-0.15, -0.1) is 0 Å². The highest BCUT2D eigenvalue weighted by Crippen LogP contribution is 2.36. The summed E-state index contributed by atoms with van der Waals surface area (Å²) < 4.78 is 0. The van der Waals surface area contributed by atoms with Crippen LogP contribution in [-0.4, -0.2) is 28.4 Å². The third-order valence-electron chi connectivity index (χ3n) is 4.28. The number of aliphatic hydroxyl groups excluding tert-OH is 1. The highest BCUT2D eigenvalue weighted by Gasteiger charge is 2.47. The summed E-state index contributed by atoms with van der Waals surface area (Å²) in [5, 5.41) is 11.1. The molecule has 4 nitrogen and oxygen atoms in total. The van der Waals surface area contributed by atoms with Crippen LogP contribution in [0, 0.1) is 11.8 Å². The molecule has 0 radical (unpaired) electrons. The Labute approximate surface area is 138 Å². The lowest BCUT2D eigenvalue weighted by atomic mass is 9.85. The van der Waals surface area contributed by atoms with Crippen LogP contribution in [0.15, 0.2) is 30.4 Å². The minimum atomic E-state index is -1.02. The fourth-order valence-corrected chi connectivity index (χ4v) is 3.63. The number of likely N-dealkylation sites (tertiary alicyclic amines) is 1. The Bertz CT molecular complexity index is 633. The molecule has 1 N–H and O–H groups in total. The SMILES string of the molecule is O=C1C2CC=CCC2C(=O)N1CC(O)c1ccc(Cl)cc1Cl.